The molecule has 0 saturated heterocycles. The van der Waals surface area contributed by atoms with Crippen molar-refractivity contribution < 1.29 is 14.2 Å². The van der Waals surface area contributed by atoms with Gasteiger partial charge in [0.2, 0.25) is 17.7 Å². The van der Waals surface area contributed by atoms with Crippen LogP contribution < -0.4 is 14.2 Å². The van der Waals surface area contributed by atoms with Gasteiger partial charge in [-0.15, -0.1) is 10.2 Å². The van der Waals surface area contributed by atoms with Crippen LogP contribution in [0.5, 0.6) is 11.8 Å². The Morgan fingerprint density at radius 2 is 1.66 bits per heavy atom. The zero-order valence-corrected chi connectivity index (χ0v) is 21.7. The maximum absolute atomic E-state index is 5.94. The van der Waals surface area contributed by atoms with Crippen LogP contribution in [-0.4, -0.2) is 61.3 Å². The first-order valence-electron chi connectivity index (χ1n) is 11.4. The molecular formula is C22H29ClN8O3S. The summed E-state index contributed by atoms with van der Waals surface area (Å²) in [7, 11) is 4.75. The molecule has 13 heteroatoms. The molecule has 0 bridgehead atoms. The molecule has 1 fully saturated rings. The first kappa shape index (κ1) is 25.4. The Hall–Kier alpha value is -2.70. The number of ether oxygens (including phenoxy) is 3. The highest BCUT2D eigenvalue weighted by molar-refractivity contribution is 8.01. The van der Waals surface area contributed by atoms with Crippen LogP contribution >= 0.6 is 23.5 Å². The Balaban J connectivity index is 1.67. The smallest absolute Gasteiger partial charge is 0.245 e. The van der Waals surface area contributed by atoms with E-state index in [1.807, 2.05) is 11.5 Å². The average molecular weight is 521 g/mol. The number of halogens is 1. The molecule has 11 nitrogen and oxygen atoms in total. The van der Waals surface area contributed by atoms with E-state index in [9.17, 15) is 0 Å². The molecule has 35 heavy (non-hydrogen) atoms. The monoisotopic (exact) mass is 520 g/mol. The summed E-state index contributed by atoms with van der Waals surface area (Å²) in [5, 5.41) is 9.45. The van der Waals surface area contributed by atoms with Crippen molar-refractivity contribution in [3.05, 3.63) is 35.4 Å². The summed E-state index contributed by atoms with van der Waals surface area (Å²) in [5.74, 6) is 2.90. The second-order valence-corrected chi connectivity index (χ2v) is 9.75. The molecule has 0 aliphatic heterocycles. The molecule has 0 radical (unpaired) electrons. The number of rotatable bonds is 10. The molecular weight excluding hydrogens is 492 g/mol. The molecule has 188 valence electrons. The molecule has 1 aliphatic carbocycles. The van der Waals surface area contributed by atoms with Crippen LogP contribution in [0.2, 0.25) is 5.02 Å². The molecule has 1 aliphatic rings. The number of hydrogen-bond donors (Lipinski definition) is 1. The van der Waals surface area contributed by atoms with Gasteiger partial charge in [0, 0.05) is 25.4 Å². The first-order valence-corrected chi connectivity index (χ1v) is 12.6. The van der Waals surface area contributed by atoms with Gasteiger partial charge >= 0.3 is 0 Å². The zero-order chi connectivity index (χ0) is 24.8. The SMILES string of the molecule is COc1ncnc(OC)c1-n1c(NSC(C)C(OC)c2ncc(Cl)cn2)nnc1C1CCCCC1. The lowest BCUT2D eigenvalue weighted by atomic mass is 9.88. The lowest BCUT2D eigenvalue weighted by molar-refractivity contribution is 0.0972. The van der Waals surface area contributed by atoms with Gasteiger partial charge in [0.05, 0.1) is 24.5 Å². The van der Waals surface area contributed by atoms with E-state index in [1.54, 1.807) is 33.7 Å². The molecule has 3 heterocycles. The van der Waals surface area contributed by atoms with Crippen molar-refractivity contribution in [2.24, 2.45) is 0 Å². The van der Waals surface area contributed by atoms with E-state index in [-0.39, 0.29) is 17.3 Å². The Kier molecular flexibility index (Phi) is 8.58. The molecule has 0 spiro atoms. The van der Waals surface area contributed by atoms with E-state index >= 15 is 0 Å². The van der Waals surface area contributed by atoms with Crippen molar-refractivity contribution in [1.29, 1.82) is 0 Å². The maximum Gasteiger partial charge on any atom is 0.245 e. The maximum atomic E-state index is 5.94. The summed E-state index contributed by atoms with van der Waals surface area (Å²) >= 11 is 7.36. The van der Waals surface area contributed by atoms with Gasteiger partial charge in [-0.05, 0) is 31.7 Å². The first-order chi connectivity index (χ1) is 17.1. The highest BCUT2D eigenvalue weighted by Crippen LogP contribution is 2.39. The van der Waals surface area contributed by atoms with Crippen LogP contribution in [0.4, 0.5) is 5.95 Å². The minimum absolute atomic E-state index is 0.0831. The molecule has 2 unspecified atom stereocenters. The average Bonchev–Trinajstić information content (AvgIpc) is 3.32. The second kappa shape index (κ2) is 11.8. The minimum atomic E-state index is -0.372. The lowest BCUT2D eigenvalue weighted by Gasteiger charge is -2.24. The number of nitrogens with zero attached hydrogens (tertiary/aromatic N) is 7. The Labute approximate surface area is 213 Å². The fourth-order valence-corrected chi connectivity index (χ4v) is 5.11. The summed E-state index contributed by atoms with van der Waals surface area (Å²) in [6.45, 7) is 2.01. The number of hydrogen-bond acceptors (Lipinski definition) is 11. The largest absolute Gasteiger partial charge is 0.479 e. The van der Waals surface area contributed by atoms with Crippen molar-refractivity contribution in [2.75, 3.05) is 26.1 Å². The molecule has 1 saturated carbocycles. The fraction of sp³-hybridized carbons (Fsp3) is 0.545. The molecule has 1 N–H and O–H groups in total. The van der Waals surface area contributed by atoms with Crippen molar-refractivity contribution in [3.63, 3.8) is 0 Å². The predicted molar refractivity (Wildman–Crippen MR) is 133 cm³/mol. The van der Waals surface area contributed by atoms with E-state index in [2.05, 4.69) is 34.9 Å². The summed E-state index contributed by atoms with van der Waals surface area (Å²) in [6, 6.07) is 0. The summed E-state index contributed by atoms with van der Waals surface area (Å²) in [4.78, 5) is 17.2. The van der Waals surface area contributed by atoms with E-state index in [0.717, 1.165) is 31.5 Å². The third kappa shape index (κ3) is 5.60. The van der Waals surface area contributed by atoms with Crippen LogP contribution in [0.25, 0.3) is 5.69 Å². The van der Waals surface area contributed by atoms with Crippen molar-refractivity contribution in [1.82, 2.24) is 34.7 Å². The fourth-order valence-electron chi connectivity index (χ4n) is 4.23. The molecule has 2 atom stereocenters. The van der Waals surface area contributed by atoms with Crippen LogP contribution in [0, 0.1) is 0 Å². The molecule has 0 aromatic carbocycles. The summed E-state index contributed by atoms with van der Waals surface area (Å²) in [6.07, 6.45) is 9.77. The number of methoxy groups -OCH3 is 3. The second-order valence-electron chi connectivity index (χ2n) is 8.13. The van der Waals surface area contributed by atoms with Gasteiger partial charge in [-0.1, -0.05) is 30.9 Å². The van der Waals surface area contributed by atoms with E-state index < -0.39 is 0 Å². The lowest BCUT2D eigenvalue weighted by Crippen LogP contribution is -2.19. The highest BCUT2D eigenvalue weighted by atomic mass is 35.5. The third-order valence-corrected chi connectivity index (χ3v) is 7.05. The van der Waals surface area contributed by atoms with Crippen molar-refractivity contribution in [3.8, 4) is 17.4 Å². The molecule has 0 amide bonds. The Morgan fingerprint density at radius 1 is 1.00 bits per heavy atom. The molecule has 3 aromatic rings. The summed E-state index contributed by atoms with van der Waals surface area (Å²) in [5.41, 5.74) is 0.558. The van der Waals surface area contributed by atoms with E-state index in [1.165, 1.54) is 24.7 Å². The normalized spacial score (nSPS) is 16.0. The standard InChI is InChI=1S/C22H29ClN8O3S/c1-13(17(32-2)18-24-10-15(23)11-25-18)35-30-22-29-28-19(14-8-6-5-7-9-14)31(22)16-20(33-3)26-12-27-21(16)34-4/h10-14,17H,5-9H2,1-4H3,(H,29,30). The minimum Gasteiger partial charge on any atom is -0.479 e. The van der Waals surface area contributed by atoms with Gasteiger partial charge in [-0.3, -0.25) is 9.29 Å². The number of nitrogens with one attached hydrogen (secondary N) is 1. The highest BCUT2D eigenvalue weighted by Gasteiger charge is 2.30. The third-order valence-electron chi connectivity index (χ3n) is 5.94. The van der Waals surface area contributed by atoms with Crippen LogP contribution in [0.3, 0.4) is 0 Å². The van der Waals surface area contributed by atoms with Crippen LogP contribution in [-0.2, 0) is 4.74 Å². The number of aromatic nitrogens is 7. The Morgan fingerprint density at radius 3 is 2.26 bits per heavy atom. The quantitative estimate of drug-likeness (QED) is 0.382. The number of anilines is 1. The molecule has 3 aromatic heterocycles. The van der Waals surface area contributed by atoms with Gasteiger partial charge in [0.25, 0.3) is 0 Å². The Bertz CT molecular complexity index is 1090. The zero-order valence-electron chi connectivity index (χ0n) is 20.1. The van der Waals surface area contributed by atoms with E-state index in [4.69, 9.17) is 25.8 Å². The summed E-state index contributed by atoms with van der Waals surface area (Å²) < 4.78 is 22.1. The van der Waals surface area contributed by atoms with Gasteiger partial charge in [0.1, 0.15) is 18.3 Å². The van der Waals surface area contributed by atoms with Crippen LogP contribution in [0.15, 0.2) is 18.7 Å². The van der Waals surface area contributed by atoms with E-state index in [0.29, 0.717) is 34.2 Å². The van der Waals surface area contributed by atoms with Gasteiger partial charge in [0.15, 0.2) is 11.5 Å². The van der Waals surface area contributed by atoms with Crippen molar-refractivity contribution >= 4 is 29.5 Å². The van der Waals surface area contributed by atoms with Gasteiger partial charge in [-0.25, -0.2) is 9.97 Å². The molecule has 4 rings (SSSR count). The predicted octanol–water partition coefficient (Wildman–Crippen LogP) is 4.40. The van der Waals surface area contributed by atoms with Crippen molar-refractivity contribution in [2.45, 2.75) is 56.3 Å². The van der Waals surface area contributed by atoms with Gasteiger partial charge in [-0.2, -0.15) is 9.97 Å². The van der Waals surface area contributed by atoms with Gasteiger partial charge < -0.3 is 14.2 Å². The van der Waals surface area contributed by atoms with Crippen LogP contribution in [0.1, 0.15) is 62.7 Å². The topological polar surface area (TPSA) is 122 Å².